The summed E-state index contributed by atoms with van der Waals surface area (Å²) >= 11 is 0. The van der Waals surface area contributed by atoms with Gasteiger partial charge in [0, 0.05) is 5.56 Å². The molecule has 0 saturated heterocycles. The number of nitriles is 1. The quantitative estimate of drug-likeness (QED) is 0.127. The Morgan fingerprint density at radius 2 is 1.32 bits per heavy atom. The molecular weight excluding hydrogens is 700 g/mol. The van der Waals surface area contributed by atoms with Crippen LogP contribution in [-0.4, -0.2) is 43.4 Å². The van der Waals surface area contributed by atoms with Gasteiger partial charge in [0.15, 0.2) is 5.78 Å². The van der Waals surface area contributed by atoms with E-state index in [-0.39, 0.29) is 29.1 Å². The molecular formula is C41H40F3N4O4P. The number of halogens is 3. The van der Waals surface area contributed by atoms with Gasteiger partial charge < -0.3 is 9.52 Å². The van der Waals surface area contributed by atoms with E-state index in [9.17, 15) is 28.3 Å². The highest BCUT2D eigenvalue weighted by Gasteiger charge is 2.47. The number of hydrogen-bond acceptors (Lipinski definition) is 6. The van der Waals surface area contributed by atoms with Crippen molar-refractivity contribution in [1.29, 1.82) is 5.26 Å². The first kappa shape index (κ1) is 38.8. The number of unbranched alkanes of at least 4 members (excludes halogenated alkanes) is 1. The van der Waals surface area contributed by atoms with Crippen LogP contribution in [0.1, 0.15) is 64.5 Å². The summed E-state index contributed by atoms with van der Waals surface area (Å²) in [5, 5.41) is 32.7. The van der Waals surface area contributed by atoms with E-state index in [1.54, 1.807) is 20.8 Å². The van der Waals surface area contributed by atoms with E-state index in [0.717, 1.165) is 32.9 Å². The molecule has 53 heavy (non-hydrogen) atoms. The maximum atomic E-state index is 15.4. The Morgan fingerprint density at radius 3 is 1.72 bits per heavy atom. The lowest BCUT2D eigenvalue weighted by Crippen LogP contribution is -2.52. The molecule has 12 heteroatoms. The third-order valence-corrected chi connectivity index (χ3v) is 13.2. The Morgan fingerprint density at radius 1 is 0.830 bits per heavy atom. The predicted octanol–water partition coefficient (Wildman–Crippen LogP) is 8.64. The molecule has 1 unspecified atom stereocenters. The Hall–Kier alpha value is -5.46. The summed E-state index contributed by atoms with van der Waals surface area (Å²) in [4.78, 5) is 30.0. The number of rotatable bonds is 12. The van der Waals surface area contributed by atoms with Crippen molar-refractivity contribution in [1.82, 2.24) is 15.1 Å². The van der Waals surface area contributed by atoms with Gasteiger partial charge in [0.2, 0.25) is 11.8 Å². The van der Waals surface area contributed by atoms with Gasteiger partial charge in [0.1, 0.15) is 23.4 Å². The van der Waals surface area contributed by atoms with Gasteiger partial charge >= 0.3 is 12.3 Å². The van der Waals surface area contributed by atoms with Crippen molar-refractivity contribution in [2.24, 2.45) is 5.41 Å². The Labute approximate surface area is 306 Å². The van der Waals surface area contributed by atoms with Gasteiger partial charge in [-0.1, -0.05) is 132 Å². The zero-order valence-corrected chi connectivity index (χ0v) is 30.7. The summed E-state index contributed by atoms with van der Waals surface area (Å²) in [6.07, 6.45) is -4.79. The second-order valence-electron chi connectivity index (χ2n) is 13.6. The average molecular weight is 741 g/mol. The maximum absolute atomic E-state index is 15.4. The van der Waals surface area contributed by atoms with Crippen molar-refractivity contribution < 1.29 is 32.3 Å². The third-order valence-electron chi connectivity index (χ3n) is 9.03. The highest BCUT2D eigenvalue weighted by molar-refractivity contribution is 7.97. The molecule has 1 amide bonds. The summed E-state index contributed by atoms with van der Waals surface area (Å²) in [5.74, 6) is -0.890. The number of nitrogens with zero attached hydrogens (tertiary/aromatic N) is 4. The minimum atomic E-state index is -4.54. The van der Waals surface area contributed by atoms with E-state index in [2.05, 4.69) is 16.3 Å². The van der Waals surface area contributed by atoms with Crippen molar-refractivity contribution >= 4 is 40.0 Å². The first-order valence-electron chi connectivity index (χ1n) is 17.1. The number of amides is 1. The van der Waals surface area contributed by atoms with Gasteiger partial charge in [0.05, 0.1) is 5.56 Å². The number of carbonyl (C=O) groups excluding carboxylic acids is 1. The van der Waals surface area contributed by atoms with E-state index in [1.165, 1.54) is 12.1 Å². The number of aromatic nitrogens is 2. The fourth-order valence-electron chi connectivity index (χ4n) is 6.63. The van der Waals surface area contributed by atoms with Crippen molar-refractivity contribution in [3.05, 3.63) is 127 Å². The summed E-state index contributed by atoms with van der Waals surface area (Å²) in [6.45, 7) is 4.00. The Balaban J connectivity index is 1.76. The Kier molecular flexibility index (Phi) is 11.7. The van der Waals surface area contributed by atoms with E-state index in [1.807, 2.05) is 97.9 Å². The van der Waals surface area contributed by atoms with Gasteiger partial charge in [-0.25, -0.2) is 4.79 Å². The number of hydrogen-bond donors (Lipinski definition) is 1. The van der Waals surface area contributed by atoms with Gasteiger partial charge in [-0.2, -0.15) is 18.4 Å². The zero-order valence-electron chi connectivity index (χ0n) is 29.8. The van der Waals surface area contributed by atoms with Crippen LogP contribution in [0, 0.1) is 16.7 Å². The molecule has 0 aliphatic carbocycles. The Bertz CT molecular complexity index is 2020. The van der Waals surface area contributed by atoms with Gasteiger partial charge in [-0.05, 0) is 58.9 Å². The SMILES string of the molecule is CCCC[C@@H](C(=O)C(C#N)=P(c1ccccc1)(c1ccccc1)c1ccccc1)N(C(=O)O)C(c1nnc(-c2ccc(C(F)(F)F)cc2)o1)C(C)(C)C. The van der Waals surface area contributed by atoms with Crippen molar-refractivity contribution in [2.45, 2.75) is 65.2 Å². The molecule has 0 radical (unpaired) electrons. The average Bonchev–Trinajstić information content (AvgIpc) is 3.63. The first-order valence-corrected chi connectivity index (χ1v) is 18.9. The van der Waals surface area contributed by atoms with Crippen molar-refractivity contribution in [2.75, 3.05) is 0 Å². The molecule has 0 saturated carbocycles. The van der Waals surface area contributed by atoms with Crippen LogP contribution in [-0.2, 0) is 11.0 Å². The number of carbonyl (C=O) groups is 2. The number of Topliss-reactive ketones (excluding diaryl/α,β-unsaturated/α-hetero) is 1. The first-order chi connectivity index (χ1) is 25.2. The molecule has 0 fully saturated rings. The molecule has 274 valence electrons. The molecule has 2 atom stereocenters. The number of carboxylic acid groups (broad SMARTS) is 1. The van der Waals surface area contributed by atoms with Crippen LogP contribution >= 0.6 is 6.89 Å². The smallest absolute Gasteiger partial charge is 0.416 e. The largest absolute Gasteiger partial charge is 0.465 e. The maximum Gasteiger partial charge on any atom is 0.416 e. The molecule has 8 nitrogen and oxygen atoms in total. The van der Waals surface area contributed by atoms with E-state index in [4.69, 9.17) is 4.42 Å². The van der Waals surface area contributed by atoms with E-state index in [0.29, 0.717) is 12.8 Å². The van der Waals surface area contributed by atoms with Crippen molar-refractivity contribution in [3.63, 3.8) is 0 Å². The number of alkyl halides is 3. The molecule has 0 spiro atoms. The topological polar surface area (TPSA) is 120 Å². The molecule has 1 N–H and O–H groups in total. The van der Waals surface area contributed by atoms with Crippen LogP contribution in [0.25, 0.3) is 11.5 Å². The predicted molar refractivity (Wildman–Crippen MR) is 201 cm³/mol. The molecule has 0 aliphatic rings. The lowest BCUT2D eigenvalue weighted by atomic mass is 9.84. The van der Waals surface area contributed by atoms with Gasteiger partial charge in [-0.15, -0.1) is 10.2 Å². The highest BCUT2D eigenvalue weighted by Crippen LogP contribution is 2.48. The summed E-state index contributed by atoms with van der Waals surface area (Å²) in [5.41, 5.74) is -1.59. The minimum absolute atomic E-state index is 0.0583. The van der Waals surface area contributed by atoms with Crippen LogP contribution in [0.2, 0.25) is 0 Å². The summed E-state index contributed by atoms with van der Waals surface area (Å²) in [7, 11) is 0. The standard InChI is InChI=1S/C41H40F3N4O4P/c1-5-6-22-33(48(39(50)51)36(40(2,3)4)38-47-46-37(52-38)28-23-25-29(26-24-28)41(42,43)44)35(49)34(27-45)53(30-16-10-7-11-17-30,31-18-12-8-13-19-31)32-20-14-9-15-21-32/h7-21,23-26,33,36H,5-6,22H2,1-4H3,(H,50,51)/t33-,36?/m0/s1. The monoisotopic (exact) mass is 740 g/mol. The lowest BCUT2D eigenvalue weighted by molar-refractivity contribution is -0.137. The molecule has 5 rings (SSSR count). The van der Waals surface area contributed by atoms with Crippen LogP contribution in [0.4, 0.5) is 18.0 Å². The molecule has 1 aromatic heterocycles. The molecule has 1 heterocycles. The molecule has 4 aromatic carbocycles. The zero-order chi connectivity index (χ0) is 38.4. The number of benzene rings is 4. The fourth-order valence-corrected chi connectivity index (χ4v) is 10.8. The summed E-state index contributed by atoms with van der Waals surface area (Å²) in [6, 6.07) is 32.0. The number of ketones is 1. The van der Waals surface area contributed by atoms with Crippen LogP contribution < -0.4 is 15.9 Å². The minimum Gasteiger partial charge on any atom is -0.465 e. The lowest BCUT2D eigenvalue weighted by Gasteiger charge is -2.41. The summed E-state index contributed by atoms with van der Waals surface area (Å²) < 4.78 is 45.8. The van der Waals surface area contributed by atoms with E-state index < -0.39 is 48.0 Å². The van der Waals surface area contributed by atoms with Crippen LogP contribution in [0.3, 0.4) is 0 Å². The third kappa shape index (κ3) is 7.98. The van der Waals surface area contributed by atoms with Crippen molar-refractivity contribution in [3.8, 4) is 17.5 Å². The van der Waals surface area contributed by atoms with Gasteiger partial charge in [-0.3, -0.25) is 9.69 Å². The fraction of sp³-hybridized carbons (Fsp3) is 0.268. The van der Waals surface area contributed by atoms with E-state index >= 15 is 4.79 Å². The highest BCUT2D eigenvalue weighted by atomic mass is 31.2. The molecule has 0 aliphatic heterocycles. The normalized spacial score (nSPS) is 13.1. The van der Waals surface area contributed by atoms with Crippen LogP contribution in [0.15, 0.2) is 120 Å². The molecule has 5 aromatic rings. The van der Waals surface area contributed by atoms with Gasteiger partial charge in [0.25, 0.3) is 0 Å². The van der Waals surface area contributed by atoms with Crippen LogP contribution in [0.5, 0.6) is 0 Å². The molecule has 0 bridgehead atoms. The second kappa shape index (κ2) is 16.1. The second-order valence-corrected chi connectivity index (χ2v) is 17.0.